The molecule has 1 aromatic rings. The highest BCUT2D eigenvalue weighted by Gasteiger charge is 2.06. The number of anilines is 2. The van der Waals surface area contributed by atoms with Crippen molar-refractivity contribution in [1.82, 2.24) is 15.0 Å². The van der Waals surface area contributed by atoms with Gasteiger partial charge in [-0.3, -0.25) is 0 Å². The molecule has 0 spiro atoms. The van der Waals surface area contributed by atoms with Gasteiger partial charge in [0.15, 0.2) is 0 Å². The molecule has 0 saturated carbocycles. The summed E-state index contributed by atoms with van der Waals surface area (Å²) in [5, 5.41) is 14.9. The average molecular weight is 283 g/mol. The molecule has 1 heterocycles. The molecule has 1 rings (SSSR count). The number of nitrogens with one attached hydrogen (secondary N) is 2. The second-order valence-electron chi connectivity index (χ2n) is 4.36. The molecule has 0 atom stereocenters. The molecule has 0 saturated heterocycles. The van der Waals surface area contributed by atoms with Crippen LogP contribution in [0.15, 0.2) is 0 Å². The molecule has 3 N–H and O–H groups in total. The Morgan fingerprint density at radius 2 is 1.75 bits per heavy atom. The van der Waals surface area contributed by atoms with Crippen LogP contribution < -0.4 is 15.4 Å². The van der Waals surface area contributed by atoms with Crippen molar-refractivity contribution >= 4 is 11.9 Å². The Labute approximate surface area is 120 Å². The van der Waals surface area contributed by atoms with Crippen molar-refractivity contribution in [2.75, 3.05) is 36.9 Å². The first-order valence-electron chi connectivity index (χ1n) is 7.27. The minimum Gasteiger partial charge on any atom is -0.463 e. The monoisotopic (exact) mass is 283 g/mol. The normalized spacial score (nSPS) is 10.3. The number of nitrogens with zero attached hydrogens (tertiary/aromatic N) is 3. The number of hydrogen-bond donors (Lipinski definition) is 3. The molecular weight excluding hydrogens is 258 g/mol. The predicted molar refractivity (Wildman–Crippen MR) is 79.2 cm³/mol. The van der Waals surface area contributed by atoms with Gasteiger partial charge < -0.3 is 20.5 Å². The number of rotatable bonds is 11. The Balaban J connectivity index is 2.55. The lowest BCUT2D eigenvalue weighted by Crippen LogP contribution is -2.12. The van der Waals surface area contributed by atoms with Gasteiger partial charge in [-0.25, -0.2) is 0 Å². The molecule has 7 nitrogen and oxygen atoms in total. The molecule has 1 aromatic heterocycles. The van der Waals surface area contributed by atoms with E-state index in [4.69, 9.17) is 9.84 Å². The van der Waals surface area contributed by atoms with Gasteiger partial charge in [-0.1, -0.05) is 6.92 Å². The van der Waals surface area contributed by atoms with Gasteiger partial charge in [0.2, 0.25) is 11.9 Å². The van der Waals surface area contributed by atoms with Gasteiger partial charge in [-0.2, -0.15) is 15.0 Å². The quantitative estimate of drug-likeness (QED) is 0.532. The molecule has 0 fully saturated rings. The standard InChI is InChI=1S/C13H25N5O2/c1-3-10-20-13-17-11(14-4-2)16-12(18-13)15-8-6-5-7-9-19/h19H,3-10H2,1-2H3,(H2,14,15,16,17,18). The van der Waals surface area contributed by atoms with E-state index < -0.39 is 0 Å². The molecule has 20 heavy (non-hydrogen) atoms. The maximum atomic E-state index is 8.72. The first-order chi connectivity index (χ1) is 9.80. The number of aliphatic hydroxyl groups is 1. The zero-order valence-corrected chi connectivity index (χ0v) is 12.4. The minimum absolute atomic E-state index is 0.241. The molecule has 0 bridgehead atoms. The van der Waals surface area contributed by atoms with Gasteiger partial charge >= 0.3 is 6.01 Å². The fourth-order valence-electron chi connectivity index (χ4n) is 1.54. The van der Waals surface area contributed by atoms with E-state index in [1.807, 2.05) is 13.8 Å². The van der Waals surface area contributed by atoms with Crippen LogP contribution in [-0.4, -0.2) is 46.4 Å². The number of ether oxygens (including phenoxy) is 1. The van der Waals surface area contributed by atoms with Crippen LogP contribution >= 0.6 is 0 Å². The summed E-state index contributed by atoms with van der Waals surface area (Å²) in [4.78, 5) is 12.7. The Kier molecular flexibility index (Phi) is 8.37. The van der Waals surface area contributed by atoms with Crippen LogP contribution in [0.5, 0.6) is 6.01 Å². The molecule has 0 unspecified atom stereocenters. The molecular formula is C13H25N5O2. The largest absolute Gasteiger partial charge is 0.463 e. The SMILES string of the molecule is CCCOc1nc(NCC)nc(NCCCCCO)n1. The third-order valence-electron chi connectivity index (χ3n) is 2.50. The Morgan fingerprint density at radius 1 is 1.00 bits per heavy atom. The second-order valence-corrected chi connectivity index (χ2v) is 4.36. The average Bonchev–Trinajstić information content (AvgIpc) is 2.45. The van der Waals surface area contributed by atoms with Crippen LogP contribution in [-0.2, 0) is 0 Å². The summed E-state index contributed by atoms with van der Waals surface area (Å²) in [6.07, 6.45) is 3.68. The second kappa shape index (κ2) is 10.2. The minimum atomic E-state index is 0.241. The third kappa shape index (κ3) is 6.51. The van der Waals surface area contributed by atoms with Gasteiger partial charge in [0, 0.05) is 19.7 Å². The summed E-state index contributed by atoms with van der Waals surface area (Å²) in [6, 6.07) is 0.343. The van der Waals surface area contributed by atoms with Gasteiger partial charge in [-0.05, 0) is 32.6 Å². The van der Waals surface area contributed by atoms with Crippen molar-refractivity contribution in [3.05, 3.63) is 0 Å². The zero-order valence-electron chi connectivity index (χ0n) is 12.4. The summed E-state index contributed by atoms with van der Waals surface area (Å²) >= 11 is 0. The van der Waals surface area contributed by atoms with Crippen LogP contribution in [0, 0.1) is 0 Å². The fraction of sp³-hybridized carbons (Fsp3) is 0.769. The first kappa shape index (κ1) is 16.4. The molecule has 0 aliphatic rings. The molecule has 114 valence electrons. The van der Waals surface area contributed by atoms with Crippen molar-refractivity contribution < 1.29 is 9.84 Å². The van der Waals surface area contributed by atoms with Crippen molar-refractivity contribution in [3.63, 3.8) is 0 Å². The van der Waals surface area contributed by atoms with E-state index in [1.165, 1.54) is 0 Å². The fourth-order valence-corrected chi connectivity index (χ4v) is 1.54. The zero-order chi connectivity index (χ0) is 14.6. The Hall–Kier alpha value is -1.63. The van der Waals surface area contributed by atoms with Gasteiger partial charge in [-0.15, -0.1) is 0 Å². The Morgan fingerprint density at radius 3 is 2.40 bits per heavy atom. The molecule has 0 amide bonds. The van der Waals surface area contributed by atoms with Crippen LogP contribution in [0.3, 0.4) is 0 Å². The van der Waals surface area contributed by atoms with Crippen LogP contribution in [0.1, 0.15) is 39.5 Å². The predicted octanol–water partition coefficient (Wildman–Crippen LogP) is 1.67. The third-order valence-corrected chi connectivity index (χ3v) is 2.50. The van der Waals surface area contributed by atoms with E-state index in [0.29, 0.717) is 24.5 Å². The highest BCUT2D eigenvalue weighted by Crippen LogP contribution is 2.11. The Bertz CT molecular complexity index is 376. The van der Waals surface area contributed by atoms with Gasteiger partial charge in [0.1, 0.15) is 0 Å². The van der Waals surface area contributed by atoms with Crippen LogP contribution in [0.2, 0.25) is 0 Å². The van der Waals surface area contributed by atoms with Crippen LogP contribution in [0.25, 0.3) is 0 Å². The van der Waals surface area contributed by atoms with E-state index in [1.54, 1.807) is 0 Å². The van der Waals surface area contributed by atoms with E-state index in [-0.39, 0.29) is 6.61 Å². The van der Waals surface area contributed by atoms with E-state index >= 15 is 0 Å². The van der Waals surface area contributed by atoms with Crippen LogP contribution in [0.4, 0.5) is 11.9 Å². The number of unbranched alkanes of at least 4 members (excludes halogenated alkanes) is 2. The highest BCUT2D eigenvalue weighted by atomic mass is 16.5. The van der Waals surface area contributed by atoms with Gasteiger partial charge in [0.25, 0.3) is 0 Å². The summed E-state index contributed by atoms with van der Waals surface area (Å²) in [5.74, 6) is 1.04. The molecule has 7 heteroatoms. The lowest BCUT2D eigenvalue weighted by Gasteiger charge is -2.09. The lowest BCUT2D eigenvalue weighted by molar-refractivity contribution is 0.283. The van der Waals surface area contributed by atoms with Crippen molar-refractivity contribution in [1.29, 1.82) is 0 Å². The summed E-state index contributed by atoms with van der Waals surface area (Å²) in [6.45, 7) is 6.36. The van der Waals surface area contributed by atoms with Gasteiger partial charge in [0.05, 0.1) is 6.61 Å². The maximum Gasteiger partial charge on any atom is 0.323 e. The maximum absolute atomic E-state index is 8.72. The topological polar surface area (TPSA) is 92.2 Å². The molecule has 0 aromatic carbocycles. The summed E-state index contributed by atoms with van der Waals surface area (Å²) < 4.78 is 5.45. The van der Waals surface area contributed by atoms with Crippen molar-refractivity contribution in [3.8, 4) is 6.01 Å². The number of hydrogen-bond acceptors (Lipinski definition) is 7. The van der Waals surface area contributed by atoms with Crippen molar-refractivity contribution in [2.24, 2.45) is 0 Å². The first-order valence-corrected chi connectivity index (χ1v) is 7.27. The highest BCUT2D eigenvalue weighted by molar-refractivity contribution is 5.35. The molecule has 0 aliphatic carbocycles. The number of aliphatic hydroxyl groups excluding tert-OH is 1. The summed E-state index contributed by atoms with van der Waals surface area (Å²) in [5.41, 5.74) is 0. The van der Waals surface area contributed by atoms with Crippen molar-refractivity contribution in [2.45, 2.75) is 39.5 Å². The smallest absolute Gasteiger partial charge is 0.323 e. The molecule has 0 aliphatic heterocycles. The summed E-state index contributed by atoms with van der Waals surface area (Å²) in [7, 11) is 0. The van der Waals surface area contributed by atoms with E-state index in [9.17, 15) is 0 Å². The lowest BCUT2D eigenvalue weighted by atomic mass is 10.2. The molecule has 0 radical (unpaired) electrons. The van der Waals surface area contributed by atoms with E-state index in [0.717, 1.165) is 38.8 Å². The van der Waals surface area contributed by atoms with E-state index in [2.05, 4.69) is 25.6 Å². The number of aromatic nitrogens is 3.